The third kappa shape index (κ3) is 4.46. The van der Waals surface area contributed by atoms with Crippen LogP contribution in [0.1, 0.15) is 55.8 Å². The van der Waals surface area contributed by atoms with Gasteiger partial charge in [-0.1, -0.05) is 12.8 Å². The summed E-state index contributed by atoms with van der Waals surface area (Å²) >= 11 is 0. The molecule has 0 spiro atoms. The minimum absolute atomic E-state index is 0.110. The molecule has 0 aromatic heterocycles. The molecular formula is C23H28N2O7S. The molecule has 178 valence electrons. The minimum atomic E-state index is -3.58. The van der Waals surface area contributed by atoms with Crippen molar-refractivity contribution in [3.63, 3.8) is 0 Å². The molecule has 9 nitrogen and oxygen atoms in total. The molecule has 1 aromatic carbocycles. The number of carbonyl (C=O) groups excluding carboxylic acids is 4. The lowest BCUT2D eigenvalue weighted by Crippen LogP contribution is -2.44. The lowest BCUT2D eigenvalue weighted by molar-refractivity contribution is -0.157. The van der Waals surface area contributed by atoms with Gasteiger partial charge >= 0.3 is 5.97 Å². The first-order valence-electron chi connectivity index (χ1n) is 11.4. The molecular weight excluding hydrogens is 448 g/mol. The van der Waals surface area contributed by atoms with Gasteiger partial charge in [0.05, 0.1) is 16.7 Å². The first-order valence-corrected chi connectivity index (χ1v) is 12.8. The maximum Gasteiger partial charge on any atom is 0.329 e. The number of Topliss-reactive ketones (excluding diaryl/α,β-unsaturated/α-hetero) is 1. The number of imide groups is 1. The quantitative estimate of drug-likeness (QED) is 0.334. The van der Waals surface area contributed by atoms with Gasteiger partial charge in [0.25, 0.3) is 0 Å². The average Bonchev–Trinajstić information content (AvgIpc) is 3.45. The lowest BCUT2D eigenvalue weighted by atomic mass is 9.81. The smallest absolute Gasteiger partial charge is 0.329 e. The second-order valence-electron chi connectivity index (χ2n) is 8.89. The molecule has 3 fully saturated rings. The molecule has 10 heteroatoms. The van der Waals surface area contributed by atoms with Crippen LogP contribution in [0.15, 0.2) is 29.2 Å². The number of fused-ring (bicyclic) bond motifs is 1. The molecule has 2 saturated heterocycles. The summed E-state index contributed by atoms with van der Waals surface area (Å²) in [4.78, 5) is 51.3. The van der Waals surface area contributed by atoms with E-state index < -0.39 is 34.4 Å². The van der Waals surface area contributed by atoms with Crippen molar-refractivity contribution in [1.82, 2.24) is 9.21 Å². The summed E-state index contributed by atoms with van der Waals surface area (Å²) in [6.45, 7) is 1.84. The number of likely N-dealkylation sites (tertiary alicyclic amines) is 1. The van der Waals surface area contributed by atoms with Crippen LogP contribution in [0.25, 0.3) is 0 Å². The Labute approximate surface area is 193 Å². The Morgan fingerprint density at radius 2 is 1.52 bits per heavy atom. The minimum Gasteiger partial charge on any atom is -0.456 e. The van der Waals surface area contributed by atoms with Crippen LogP contribution in [0.5, 0.6) is 0 Å². The van der Waals surface area contributed by atoms with Gasteiger partial charge in [0.15, 0.2) is 12.4 Å². The van der Waals surface area contributed by atoms with Crippen LogP contribution in [0, 0.1) is 11.8 Å². The molecule has 2 aliphatic heterocycles. The van der Waals surface area contributed by atoms with E-state index in [9.17, 15) is 27.6 Å². The Balaban J connectivity index is 1.35. The van der Waals surface area contributed by atoms with Crippen molar-refractivity contribution in [3.05, 3.63) is 29.8 Å². The zero-order valence-corrected chi connectivity index (χ0v) is 19.4. The van der Waals surface area contributed by atoms with E-state index in [1.807, 2.05) is 0 Å². The fourth-order valence-corrected chi connectivity index (χ4v) is 6.42. The van der Waals surface area contributed by atoms with Crippen LogP contribution >= 0.6 is 0 Å². The standard InChI is InChI=1S/C23H28N2O7S/c1-15(25-21(27)18-6-2-3-7-19(18)22(25)28)23(29)32-14-20(26)16-8-10-17(11-9-16)33(30,31)24-12-4-5-13-24/h8-11,15,18-19H,2-7,12-14H2,1H3/t15-,18?,19?/m0/s1. The normalized spacial score (nSPS) is 24.6. The number of hydrogen-bond acceptors (Lipinski definition) is 7. The number of ketones is 1. The summed E-state index contributed by atoms with van der Waals surface area (Å²) < 4.78 is 31.7. The predicted octanol–water partition coefficient (Wildman–Crippen LogP) is 1.76. The summed E-state index contributed by atoms with van der Waals surface area (Å²) in [5.74, 6) is -2.73. The summed E-state index contributed by atoms with van der Waals surface area (Å²) in [6.07, 6.45) is 4.73. The van der Waals surface area contributed by atoms with E-state index in [1.165, 1.54) is 35.5 Å². The maximum atomic E-state index is 12.6. The van der Waals surface area contributed by atoms with Crippen molar-refractivity contribution in [2.24, 2.45) is 11.8 Å². The van der Waals surface area contributed by atoms with Gasteiger partial charge in [-0.3, -0.25) is 19.3 Å². The van der Waals surface area contributed by atoms with Gasteiger partial charge < -0.3 is 4.74 Å². The fourth-order valence-electron chi connectivity index (χ4n) is 4.91. The molecule has 0 radical (unpaired) electrons. The Morgan fingerprint density at radius 3 is 2.06 bits per heavy atom. The highest BCUT2D eigenvalue weighted by molar-refractivity contribution is 7.89. The summed E-state index contributed by atoms with van der Waals surface area (Å²) in [7, 11) is -3.58. The summed E-state index contributed by atoms with van der Waals surface area (Å²) in [5.41, 5.74) is 0.204. The Kier molecular flexibility index (Phi) is 6.67. The monoisotopic (exact) mass is 476 g/mol. The average molecular weight is 477 g/mol. The van der Waals surface area contributed by atoms with Crippen molar-refractivity contribution in [2.75, 3.05) is 19.7 Å². The molecule has 2 heterocycles. The van der Waals surface area contributed by atoms with Gasteiger partial charge in [-0.25, -0.2) is 13.2 Å². The molecule has 0 N–H and O–H groups in total. The third-order valence-electron chi connectivity index (χ3n) is 6.83. The highest BCUT2D eigenvalue weighted by Crippen LogP contribution is 2.38. The molecule has 4 rings (SSSR count). The first-order chi connectivity index (χ1) is 15.7. The number of esters is 1. The highest BCUT2D eigenvalue weighted by Gasteiger charge is 2.51. The van der Waals surface area contributed by atoms with E-state index in [1.54, 1.807) is 0 Å². The van der Waals surface area contributed by atoms with Gasteiger partial charge in [0.1, 0.15) is 6.04 Å². The number of hydrogen-bond donors (Lipinski definition) is 0. The maximum absolute atomic E-state index is 12.6. The summed E-state index contributed by atoms with van der Waals surface area (Å²) in [6, 6.07) is 4.42. The van der Waals surface area contributed by atoms with E-state index in [0.717, 1.165) is 30.6 Å². The fraction of sp³-hybridized carbons (Fsp3) is 0.565. The molecule has 2 unspecified atom stereocenters. The van der Waals surface area contributed by atoms with Crippen molar-refractivity contribution in [1.29, 1.82) is 0 Å². The molecule has 1 aliphatic carbocycles. The molecule has 0 bridgehead atoms. The van der Waals surface area contributed by atoms with Crippen molar-refractivity contribution in [2.45, 2.75) is 56.4 Å². The number of benzene rings is 1. The first kappa shape index (κ1) is 23.6. The second kappa shape index (κ2) is 9.34. The van der Waals surface area contributed by atoms with Crippen LogP contribution in [-0.2, 0) is 29.1 Å². The van der Waals surface area contributed by atoms with Crippen molar-refractivity contribution >= 4 is 33.6 Å². The Bertz CT molecular complexity index is 1040. The zero-order chi connectivity index (χ0) is 23.8. The van der Waals surface area contributed by atoms with Gasteiger partial charge in [-0.05, 0) is 56.9 Å². The largest absolute Gasteiger partial charge is 0.456 e. The third-order valence-corrected chi connectivity index (χ3v) is 8.74. The van der Waals surface area contributed by atoms with E-state index in [0.29, 0.717) is 25.9 Å². The predicted molar refractivity (Wildman–Crippen MR) is 116 cm³/mol. The van der Waals surface area contributed by atoms with E-state index in [4.69, 9.17) is 4.74 Å². The number of amides is 2. The second-order valence-corrected chi connectivity index (χ2v) is 10.8. The van der Waals surface area contributed by atoms with Crippen LogP contribution in [0.2, 0.25) is 0 Å². The van der Waals surface area contributed by atoms with E-state index >= 15 is 0 Å². The van der Waals surface area contributed by atoms with Crippen LogP contribution in [0.4, 0.5) is 0 Å². The number of rotatable bonds is 7. The van der Waals surface area contributed by atoms with Gasteiger partial charge in [-0.15, -0.1) is 0 Å². The Hall–Kier alpha value is -2.59. The van der Waals surface area contributed by atoms with Gasteiger partial charge in [0, 0.05) is 18.7 Å². The van der Waals surface area contributed by atoms with E-state index in [-0.39, 0.29) is 34.1 Å². The highest BCUT2D eigenvalue weighted by atomic mass is 32.2. The van der Waals surface area contributed by atoms with Gasteiger partial charge in [0.2, 0.25) is 21.8 Å². The lowest BCUT2D eigenvalue weighted by Gasteiger charge is -2.21. The SMILES string of the molecule is C[C@@H](C(=O)OCC(=O)c1ccc(S(=O)(=O)N2CCCC2)cc1)N1C(=O)C2CCCCC2C1=O. The molecule has 3 atom stereocenters. The topological polar surface area (TPSA) is 118 Å². The molecule has 1 aromatic rings. The van der Waals surface area contributed by atoms with Crippen LogP contribution in [0.3, 0.4) is 0 Å². The molecule has 33 heavy (non-hydrogen) atoms. The number of sulfonamides is 1. The molecule has 1 saturated carbocycles. The van der Waals surface area contributed by atoms with Gasteiger partial charge in [-0.2, -0.15) is 4.31 Å². The number of nitrogens with zero attached hydrogens (tertiary/aromatic N) is 2. The van der Waals surface area contributed by atoms with E-state index in [2.05, 4.69) is 0 Å². The van der Waals surface area contributed by atoms with Crippen molar-refractivity contribution < 1.29 is 32.3 Å². The Morgan fingerprint density at radius 1 is 0.970 bits per heavy atom. The number of carbonyl (C=O) groups is 4. The summed E-state index contributed by atoms with van der Waals surface area (Å²) in [5, 5.41) is 0. The molecule has 3 aliphatic rings. The zero-order valence-electron chi connectivity index (χ0n) is 18.6. The van der Waals surface area contributed by atoms with Crippen molar-refractivity contribution in [3.8, 4) is 0 Å². The molecule has 2 amide bonds. The number of ether oxygens (including phenoxy) is 1. The van der Waals surface area contributed by atoms with Crippen LogP contribution < -0.4 is 0 Å². The van der Waals surface area contributed by atoms with Crippen LogP contribution in [-0.4, -0.2) is 66.9 Å².